The van der Waals surface area contributed by atoms with Crippen molar-refractivity contribution in [2.45, 2.75) is 5.75 Å². The van der Waals surface area contributed by atoms with Gasteiger partial charge in [-0.3, -0.25) is 0 Å². The molecule has 0 aliphatic carbocycles. The molecule has 0 amide bonds. The molecule has 0 atom stereocenters. The standard InChI is InChI=1S/C12H10Br2NOS/c1-17-7-10-5-9(6-16-10)15-12-3-2-8(13)4-11(12)14/h2-5,15H,7H2,1H3. The van der Waals surface area contributed by atoms with Crippen molar-refractivity contribution in [1.82, 2.24) is 0 Å². The summed E-state index contributed by atoms with van der Waals surface area (Å²) in [5.41, 5.74) is 1.83. The molecular formula is C12H10Br2NOS. The maximum Gasteiger partial charge on any atom is 0.195 e. The third-order valence-corrected chi connectivity index (χ3v) is 3.81. The molecule has 0 saturated heterocycles. The van der Waals surface area contributed by atoms with E-state index in [0.717, 1.165) is 31.8 Å². The van der Waals surface area contributed by atoms with Crippen LogP contribution in [0.3, 0.4) is 0 Å². The summed E-state index contributed by atoms with van der Waals surface area (Å²) in [6.45, 7) is 0. The second-order valence-corrected chi connectivity index (χ2v) is 6.05. The normalized spacial score (nSPS) is 10.5. The number of furan rings is 1. The van der Waals surface area contributed by atoms with Gasteiger partial charge in [0.1, 0.15) is 5.76 Å². The molecule has 89 valence electrons. The highest BCUT2D eigenvalue weighted by atomic mass is 79.9. The molecule has 0 saturated carbocycles. The molecule has 0 spiro atoms. The lowest BCUT2D eigenvalue weighted by molar-refractivity contribution is 0.523. The van der Waals surface area contributed by atoms with Gasteiger partial charge < -0.3 is 9.73 Å². The van der Waals surface area contributed by atoms with Crippen LogP contribution in [0.2, 0.25) is 0 Å². The third-order valence-electron chi connectivity index (χ3n) is 2.08. The van der Waals surface area contributed by atoms with Crippen molar-refractivity contribution in [3.8, 4) is 0 Å². The molecule has 2 rings (SSSR count). The van der Waals surface area contributed by atoms with E-state index in [0.29, 0.717) is 0 Å². The fourth-order valence-corrected chi connectivity index (χ4v) is 2.92. The molecule has 0 unspecified atom stereocenters. The van der Waals surface area contributed by atoms with Crippen molar-refractivity contribution in [1.29, 1.82) is 0 Å². The van der Waals surface area contributed by atoms with Crippen molar-refractivity contribution in [2.24, 2.45) is 0 Å². The monoisotopic (exact) mass is 374 g/mol. The van der Waals surface area contributed by atoms with Crippen molar-refractivity contribution in [3.05, 3.63) is 45.2 Å². The topological polar surface area (TPSA) is 25.2 Å². The first-order valence-corrected chi connectivity index (χ1v) is 7.88. The number of hydrogen-bond acceptors (Lipinski definition) is 3. The maximum absolute atomic E-state index is 5.31. The van der Waals surface area contributed by atoms with E-state index in [1.165, 1.54) is 0 Å². The van der Waals surface area contributed by atoms with Gasteiger partial charge in [0.15, 0.2) is 6.26 Å². The number of anilines is 2. The van der Waals surface area contributed by atoms with Gasteiger partial charge in [-0.1, -0.05) is 15.9 Å². The fourth-order valence-electron chi connectivity index (χ4n) is 1.35. The van der Waals surface area contributed by atoms with Gasteiger partial charge in [-0.15, -0.1) is 0 Å². The van der Waals surface area contributed by atoms with E-state index >= 15 is 0 Å². The van der Waals surface area contributed by atoms with E-state index in [1.807, 2.05) is 30.5 Å². The summed E-state index contributed by atoms with van der Waals surface area (Å²) in [4.78, 5) is 0. The van der Waals surface area contributed by atoms with Crippen LogP contribution in [-0.2, 0) is 5.75 Å². The summed E-state index contributed by atoms with van der Waals surface area (Å²) in [5, 5.41) is 3.25. The summed E-state index contributed by atoms with van der Waals surface area (Å²) in [6, 6.07) is 7.93. The van der Waals surface area contributed by atoms with Crippen molar-refractivity contribution in [3.63, 3.8) is 0 Å². The van der Waals surface area contributed by atoms with Gasteiger partial charge >= 0.3 is 0 Å². The molecule has 0 aliphatic heterocycles. The summed E-state index contributed by atoms with van der Waals surface area (Å²) in [7, 11) is 0. The van der Waals surface area contributed by atoms with Crippen LogP contribution in [0.25, 0.3) is 0 Å². The Morgan fingerprint density at radius 1 is 1.35 bits per heavy atom. The average Bonchev–Trinajstić information content (AvgIpc) is 2.71. The lowest BCUT2D eigenvalue weighted by Gasteiger charge is -2.05. The van der Waals surface area contributed by atoms with Gasteiger partial charge in [0.2, 0.25) is 0 Å². The van der Waals surface area contributed by atoms with E-state index in [-0.39, 0.29) is 0 Å². The van der Waals surface area contributed by atoms with E-state index in [4.69, 9.17) is 4.42 Å². The minimum absolute atomic E-state index is 0.845. The van der Waals surface area contributed by atoms with Gasteiger partial charge in [0, 0.05) is 15.0 Å². The van der Waals surface area contributed by atoms with Gasteiger partial charge in [-0.25, -0.2) is 0 Å². The van der Waals surface area contributed by atoms with Crippen molar-refractivity contribution >= 4 is 55.0 Å². The fraction of sp³-hybridized carbons (Fsp3) is 0.167. The third kappa shape index (κ3) is 3.53. The molecule has 1 radical (unpaired) electrons. The second kappa shape index (κ2) is 5.98. The second-order valence-electron chi connectivity index (χ2n) is 3.41. The van der Waals surface area contributed by atoms with Crippen LogP contribution >= 0.6 is 43.6 Å². The smallest absolute Gasteiger partial charge is 0.195 e. The minimum Gasteiger partial charge on any atom is -0.455 e. The van der Waals surface area contributed by atoms with Crippen LogP contribution < -0.4 is 5.32 Å². The van der Waals surface area contributed by atoms with E-state index in [2.05, 4.69) is 43.4 Å². The zero-order valence-corrected chi connectivity index (χ0v) is 13.1. The highest BCUT2D eigenvalue weighted by molar-refractivity contribution is 9.11. The summed E-state index contributed by atoms with van der Waals surface area (Å²) < 4.78 is 7.34. The molecule has 1 aromatic carbocycles. The van der Waals surface area contributed by atoms with Gasteiger partial charge in [0.05, 0.1) is 17.1 Å². The number of halogens is 2. The molecule has 2 nitrogen and oxygen atoms in total. The Morgan fingerprint density at radius 2 is 2.18 bits per heavy atom. The van der Waals surface area contributed by atoms with Crippen LogP contribution in [0.1, 0.15) is 5.76 Å². The molecular weight excluding hydrogens is 366 g/mol. The quantitative estimate of drug-likeness (QED) is 0.793. The van der Waals surface area contributed by atoms with Crippen LogP contribution in [0, 0.1) is 6.26 Å². The first-order chi connectivity index (χ1) is 8.19. The van der Waals surface area contributed by atoms with E-state index in [9.17, 15) is 0 Å². The highest BCUT2D eigenvalue weighted by Gasteiger charge is 2.05. The largest absolute Gasteiger partial charge is 0.455 e. The molecule has 1 heterocycles. The van der Waals surface area contributed by atoms with Gasteiger partial charge in [0.25, 0.3) is 0 Å². The van der Waals surface area contributed by atoms with Crippen LogP contribution in [-0.4, -0.2) is 6.26 Å². The van der Waals surface area contributed by atoms with Gasteiger partial charge in [-0.2, -0.15) is 11.8 Å². The molecule has 5 heteroatoms. The number of rotatable bonds is 4. The number of benzene rings is 1. The van der Waals surface area contributed by atoms with Crippen molar-refractivity contribution in [2.75, 3.05) is 11.6 Å². The number of thioether (sulfide) groups is 1. The van der Waals surface area contributed by atoms with Gasteiger partial charge in [-0.05, 0) is 40.4 Å². The van der Waals surface area contributed by atoms with Crippen molar-refractivity contribution < 1.29 is 4.42 Å². The lowest BCUT2D eigenvalue weighted by atomic mass is 10.3. The molecule has 2 aromatic rings. The Labute approximate surface area is 121 Å². The first-order valence-electron chi connectivity index (χ1n) is 4.90. The summed E-state index contributed by atoms with van der Waals surface area (Å²) in [5.74, 6) is 1.79. The molecule has 0 fully saturated rings. The molecule has 0 bridgehead atoms. The Morgan fingerprint density at radius 3 is 2.88 bits per heavy atom. The SMILES string of the molecule is CSCc1cc(Nc2ccc(Br)cc2Br)[c]o1. The average molecular weight is 376 g/mol. The lowest BCUT2D eigenvalue weighted by Crippen LogP contribution is -1.89. The van der Waals surface area contributed by atoms with Crippen LogP contribution in [0.4, 0.5) is 11.4 Å². The Balaban J connectivity index is 2.13. The maximum atomic E-state index is 5.31. The number of nitrogens with one attached hydrogen (secondary N) is 1. The summed E-state index contributed by atoms with van der Waals surface area (Å²) in [6.07, 6.45) is 4.89. The minimum atomic E-state index is 0.845. The first kappa shape index (κ1) is 13.1. The van der Waals surface area contributed by atoms with E-state index < -0.39 is 0 Å². The zero-order valence-electron chi connectivity index (χ0n) is 9.09. The predicted molar refractivity (Wildman–Crippen MR) is 79.9 cm³/mol. The summed E-state index contributed by atoms with van der Waals surface area (Å²) >= 11 is 8.64. The Hall–Kier alpha value is -0.390. The molecule has 1 aromatic heterocycles. The Bertz CT molecular complexity index is 513. The van der Waals surface area contributed by atoms with E-state index in [1.54, 1.807) is 11.8 Å². The highest BCUT2D eigenvalue weighted by Crippen LogP contribution is 2.29. The Kier molecular flexibility index (Phi) is 4.59. The number of hydrogen-bond donors (Lipinski definition) is 1. The molecule has 1 N–H and O–H groups in total. The predicted octanol–water partition coefficient (Wildman–Crippen LogP) is 5.21. The van der Waals surface area contributed by atoms with Crippen LogP contribution in [0.15, 0.2) is 37.6 Å². The zero-order chi connectivity index (χ0) is 12.3. The molecule has 0 aliphatic rings. The van der Waals surface area contributed by atoms with Crippen LogP contribution in [0.5, 0.6) is 0 Å². The molecule has 17 heavy (non-hydrogen) atoms.